The summed E-state index contributed by atoms with van der Waals surface area (Å²) in [7, 11) is 0. The Balaban J connectivity index is 2.43. The van der Waals surface area contributed by atoms with Crippen molar-refractivity contribution >= 4 is 5.97 Å². The fourth-order valence-electron chi connectivity index (χ4n) is 2.74. The van der Waals surface area contributed by atoms with E-state index >= 15 is 0 Å². The number of likely N-dealkylation sites (tertiary alicyclic amines) is 1. The lowest BCUT2D eigenvalue weighted by molar-refractivity contribution is -0.150. The van der Waals surface area contributed by atoms with Gasteiger partial charge in [0, 0.05) is 0 Å². The minimum atomic E-state index is 0.0141. The standard InChI is InChI=1S/C16H31NO2/c1-3-5-6-8-11-15(16(18)19-14-4-2)17-12-9-7-10-13-17/h15H,3-14H2,1-2H3/t15-/m0/s1. The molecule has 0 radical (unpaired) electrons. The highest BCUT2D eigenvalue weighted by Crippen LogP contribution is 2.18. The highest BCUT2D eigenvalue weighted by molar-refractivity contribution is 5.75. The number of carbonyl (C=O) groups excluding carboxylic acids is 1. The van der Waals surface area contributed by atoms with Crippen LogP contribution in [-0.2, 0) is 9.53 Å². The van der Waals surface area contributed by atoms with E-state index in [1.54, 1.807) is 0 Å². The van der Waals surface area contributed by atoms with Gasteiger partial charge in [0.1, 0.15) is 6.04 Å². The first-order chi connectivity index (χ1) is 9.29. The maximum absolute atomic E-state index is 12.2. The molecular formula is C16H31NO2. The number of hydrogen-bond donors (Lipinski definition) is 0. The van der Waals surface area contributed by atoms with Crippen LogP contribution in [0, 0.1) is 0 Å². The van der Waals surface area contributed by atoms with Crippen molar-refractivity contribution in [1.82, 2.24) is 4.90 Å². The maximum atomic E-state index is 12.2. The Morgan fingerprint density at radius 1 is 1.05 bits per heavy atom. The zero-order valence-corrected chi connectivity index (χ0v) is 12.8. The van der Waals surface area contributed by atoms with Crippen molar-refractivity contribution in [2.75, 3.05) is 19.7 Å². The van der Waals surface area contributed by atoms with Gasteiger partial charge in [-0.15, -0.1) is 0 Å². The van der Waals surface area contributed by atoms with Gasteiger partial charge in [0.05, 0.1) is 6.61 Å². The largest absolute Gasteiger partial charge is 0.465 e. The molecule has 1 atom stereocenters. The van der Waals surface area contributed by atoms with Crippen molar-refractivity contribution < 1.29 is 9.53 Å². The van der Waals surface area contributed by atoms with E-state index in [1.807, 2.05) is 6.92 Å². The van der Waals surface area contributed by atoms with Crippen LogP contribution in [0.2, 0.25) is 0 Å². The molecule has 0 unspecified atom stereocenters. The van der Waals surface area contributed by atoms with Crippen LogP contribution in [0.15, 0.2) is 0 Å². The molecule has 112 valence electrons. The van der Waals surface area contributed by atoms with Gasteiger partial charge < -0.3 is 4.74 Å². The lowest BCUT2D eigenvalue weighted by atomic mass is 10.0. The number of hydrogen-bond acceptors (Lipinski definition) is 3. The van der Waals surface area contributed by atoms with Gasteiger partial charge in [0.25, 0.3) is 0 Å². The fourth-order valence-corrected chi connectivity index (χ4v) is 2.74. The number of rotatable bonds is 9. The quantitative estimate of drug-likeness (QED) is 0.471. The van der Waals surface area contributed by atoms with E-state index in [-0.39, 0.29) is 12.0 Å². The zero-order valence-electron chi connectivity index (χ0n) is 12.8. The molecule has 1 heterocycles. The van der Waals surface area contributed by atoms with Gasteiger partial charge in [-0.3, -0.25) is 9.69 Å². The lowest BCUT2D eigenvalue weighted by Crippen LogP contribution is -2.45. The molecule has 1 aliphatic heterocycles. The van der Waals surface area contributed by atoms with Crippen LogP contribution >= 0.6 is 0 Å². The Hall–Kier alpha value is -0.570. The molecule has 0 saturated carbocycles. The summed E-state index contributed by atoms with van der Waals surface area (Å²) in [6.45, 7) is 6.97. The molecule has 0 N–H and O–H groups in total. The van der Waals surface area contributed by atoms with E-state index in [0.717, 1.165) is 32.4 Å². The number of esters is 1. The van der Waals surface area contributed by atoms with Crippen LogP contribution in [-0.4, -0.2) is 36.6 Å². The Bertz CT molecular complexity index is 237. The van der Waals surface area contributed by atoms with E-state index in [9.17, 15) is 4.79 Å². The smallest absolute Gasteiger partial charge is 0.323 e. The average Bonchev–Trinajstić information content (AvgIpc) is 2.46. The number of piperidine rings is 1. The highest BCUT2D eigenvalue weighted by atomic mass is 16.5. The van der Waals surface area contributed by atoms with Crippen LogP contribution < -0.4 is 0 Å². The molecule has 1 saturated heterocycles. The molecule has 0 aromatic carbocycles. The third-order valence-electron chi connectivity index (χ3n) is 3.88. The Kier molecular flexibility index (Phi) is 8.89. The summed E-state index contributed by atoms with van der Waals surface area (Å²) < 4.78 is 5.38. The van der Waals surface area contributed by atoms with Crippen LogP contribution in [0.5, 0.6) is 0 Å². The van der Waals surface area contributed by atoms with Crippen LogP contribution in [0.25, 0.3) is 0 Å². The predicted octanol–water partition coefficient (Wildman–Crippen LogP) is 3.76. The first-order valence-corrected chi connectivity index (χ1v) is 8.20. The fraction of sp³-hybridized carbons (Fsp3) is 0.938. The third-order valence-corrected chi connectivity index (χ3v) is 3.88. The van der Waals surface area contributed by atoms with E-state index in [2.05, 4.69) is 11.8 Å². The zero-order chi connectivity index (χ0) is 13.9. The van der Waals surface area contributed by atoms with E-state index in [1.165, 1.54) is 38.5 Å². The summed E-state index contributed by atoms with van der Waals surface area (Å²) >= 11 is 0. The molecule has 1 fully saturated rings. The normalized spacial score (nSPS) is 18.2. The molecule has 19 heavy (non-hydrogen) atoms. The predicted molar refractivity (Wildman–Crippen MR) is 79.2 cm³/mol. The number of carbonyl (C=O) groups is 1. The van der Waals surface area contributed by atoms with Crippen molar-refractivity contribution in [3.05, 3.63) is 0 Å². The molecule has 0 amide bonds. The van der Waals surface area contributed by atoms with Gasteiger partial charge in [0.15, 0.2) is 0 Å². The molecule has 0 aromatic heterocycles. The molecule has 1 aliphatic rings. The molecule has 0 aromatic rings. The first kappa shape index (κ1) is 16.5. The van der Waals surface area contributed by atoms with Crippen molar-refractivity contribution in [2.24, 2.45) is 0 Å². The Morgan fingerprint density at radius 2 is 1.79 bits per heavy atom. The van der Waals surface area contributed by atoms with Crippen LogP contribution in [0.1, 0.15) is 71.6 Å². The number of unbranched alkanes of at least 4 members (excludes halogenated alkanes) is 3. The summed E-state index contributed by atoms with van der Waals surface area (Å²) in [5.74, 6) is 0.0141. The van der Waals surface area contributed by atoms with Gasteiger partial charge in [0.2, 0.25) is 0 Å². The van der Waals surface area contributed by atoms with Crippen LogP contribution in [0.4, 0.5) is 0 Å². The molecule has 1 rings (SSSR count). The molecule has 0 aliphatic carbocycles. The van der Waals surface area contributed by atoms with Gasteiger partial charge in [-0.25, -0.2) is 0 Å². The van der Waals surface area contributed by atoms with E-state index in [4.69, 9.17) is 4.74 Å². The second kappa shape index (κ2) is 10.2. The Labute approximate surface area is 118 Å². The molecule has 0 bridgehead atoms. The van der Waals surface area contributed by atoms with Crippen molar-refractivity contribution in [3.8, 4) is 0 Å². The first-order valence-electron chi connectivity index (χ1n) is 8.20. The molecule has 3 nitrogen and oxygen atoms in total. The molecule has 0 spiro atoms. The lowest BCUT2D eigenvalue weighted by Gasteiger charge is -2.33. The summed E-state index contributed by atoms with van der Waals surface area (Å²) in [5, 5.41) is 0. The van der Waals surface area contributed by atoms with E-state index in [0.29, 0.717) is 6.61 Å². The maximum Gasteiger partial charge on any atom is 0.323 e. The van der Waals surface area contributed by atoms with Crippen molar-refractivity contribution in [3.63, 3.8) is 0 Å². The van der Waals surface area contributed by atoms with Gasteiger partial charge in [-0.05, 0) is 38.8 Å². The van der Waals surface area contributed by atoms with Gasteiger partial charge in [-0.2, -0.15) is 0 Å². The van der Waals surface area contributed by atoms with Gasteiger partial charge in [-0.1, -0.05) is 46.0 Å². The second-order valence-corrected chi connectivity index (χ2v) is 5.63. The highest BCUT2D eigenvalue weighted by Gasteiger charge is 2.27. The molecular weight excluding hydrogens is 238 g/mol. The minimum absolute atomic E-state index is 0.0141. The summed E-state index contributed by atoms with van der Waals surface area (Å²) in [6.07, 6.45) is 10.6. The molecule has 3 heteroatoms. The summed E-state index contributed by atoms with van der Waals surface area (Å²) in [4.78, 5) is 14.6. The topological polar surface area (TPSA) is 29.5 Å². The van der Waals surface area contributed by atoms with Crippen molar-refractivity contribution in [2.45, 2.75) is 77.7 Å². The SMILES string of the molecule is CCCCCC[C@@H](C(=O)OCCC)N1CCCCC1. The van der Waals surface area contributed by atoms with Crippen LogP contribution in [0.3, 0.4) is 0 Å². The third kappa shape index (κ3) is 6.42. The second-order valence-electron chi connectivity index (χ2n) is 5.63. The van der Waals surface area contributed by atoms with Gasteiger partial charge >= 0.3 is 5.97 Å². The number of ether oxygens (including phenoxy) is 1. The minimum Gasteiger partial charge on any atom is -0.465 e. The summed E-state index contributed by atoms with van der Waals surface area (Å²) in [5.41, 5.74) is 0. The Morgan fingerprint density at radius 3 is 2.42 bits per heavy atom. The van der Waals surface area contributed by atoms with E-state index < -0.39 is 0 Å². The monoisotopic (exact) mass is 269 g/mol. The summed E-state index contributed by atoms with van der Waals surface area (Å²) in [6, 6.07) is 0.0173. The number of nitrogens with zero attached hydrogens (tertiary/aromatic N) is 1. The average molecular weight is 269 g/mol. The van der Waals surface area contributed by atoms with Crippen molar-refractivity contribution in [1.29, 1.82) is 0 Å².